The molecule has 678 valence electrons. The van der Waals surface area contributed by atoms with E-state index in [2.05, 4.69) is 47.2 Å². The predicted molar refractivity (Wildman–Crippen MR) is 470 cm³/mol. The minimum atomic E-state index is -1.76. The lowest BCUT2D eigenvalue weighted by molar-refractivity contribution is -0.157. The number of nitrogens with one attached hydrogen (secondary N) is 7. The lowest BCUT2D eigenvalue weighted by Crippen LogP contribution is -2.63. The molecule has 1 saturated heterocycles. The Morgan fingerprint density at radius 1 is 0.593 bits per heavy atom. The lowest BCUT2D eigenvalue weighted by Gasteiger charge is -2.41. The van der Waals surface area contributed by atoms with Crippen molar-refractivity contribution < 1.29 is 76.2 Å². The van der Waals surface area contributed by atoms with E-state index in [4.69, 9.17) is 20.8 Å². The maximum absolute atomic E-state index is 15.6. The number of aliphatic hydroxyl groups is 1. The first kappa shape index (κ1) is 101. The minimum Gasteiger partial charge on any atom is -0.487 e. The van der Waals surface area contributed by atoms with Gasteiger partial charge in [0.05, 0.1) is 29.7 Å². The lowest BCUT2D eigenvalue weighted by atomic mass is 9.90. The van der Waals surface area contributed by atoms with Crippen molar-refractivity contribution >= 4 is 105 Å². The molecule has 123 heavy (non-hydrogen) atoms. The predicted octanol–water partition coefficient (Wildman–Crippen LogP) is 8.70. The van der Waals surface area contributed by atoms with E-state index in [1.165, 1.54) is 106 Å². The molecule has 0 spiro atoms. The molecule has 2 aromatic heterocycles. The van der Waals surface area contributed by atoms with Gasteiger partial charge in [-0.3, -0.25) is 57.5 Å². The van der Waals surface area contributed by atoms with Crippen molar-refractivity contribution in [1.82, 2.24) is 76.2 Å². The summed E-state index contributed by atoms with van der Waals surface area (Å²) in [5, 5.41) is 34.2. The van der Waals surface area contributed by atoms with E-state index in [1.54, 1.807) is 71.9 Å². The maximum Gasteiger partial charge on any atom is 0.246 e. The molecule has 0 radical (unpaired) electrons. The highest BCUT2D eigenvalue weighted by atomic mass is 35.5. The van der Waals surface area contributed by atoms with Crippen LogP contribution in [-0.2, 0) is 70.7 Å². The van der Waals surface area contributed by atoms with E-state index in [1.807, 2.05) is 85.7 Å². The molecule has 0 aliphatic carbocycles. The minimum absolute atomic E-state index is 0.0101. The Balaban J connectivity index is 1.23. The quantitative estimate of drug-likeness (QED) is 0.0217. The maximum atomic E-state index is 15.6. The van der Waals surface area contributed by atoms with Crippen LogP contribution >= 0.6 is 11.6 Å². The number of carbonyl (C=O) groups is 12. The van der Waals surface area contributed by atoms with Crippen LogP contribution in [0.1, 0.15) is 173 Å². The van der Waals surface area contributed by atoms with Gasteiger partial charge in [-0.2, -0.15) is 0 Å². The van der Waals surface area contributed by atoms with Gasteiger partial charge in [0.1, 0.15) is 102 Å². The van der Waals surface area contributed by atoms with Crippen molar-refractivity contribution in [3.8, 4) is 17.1 Å². The fourth-order valence-electron chi connectivity index (χ4n) is 15.1. The third-order valence-corrected chi connectivity index (χ3v) is 22.7. The summed E-state index contributed by atoms with van der Waals surface area (Å²) in [4.78, 5) is 194. The van der Waals surface area contributed by atoms with Crippen LogP contribution in [-0.4, -0.2) is 256 Å². The number of furan rings is 1. The van der Waals surface area contributed by atoms with Gasteiger partial charge in [-0.05, 0) is 166 Å². The molecule has 31 nitrogen and oxygen atoms in total. The van der Waals surface area contributed by atoms with E-state index in [9.17, 15) is 47.9 Å². The first-order valence-electron chi connectivity index (χ1n) is 42.8. The second-order valence-electron chi connectivity index (χ2n) is 35.1. The summed E-state index contributed by atoms with van der Waals surface area (Å²) in [6.45, 7) is 28.2. The molecule has 0 saturated carbocycles. The molecule has 3 heterocycles. The molecule has 33 heteroatoms. The number of aromatic nitrogens is 2. The molecule has 12 atom stereocenters. The summed E-state index contributed by atoms with van der Waals surface area (Å²) in [6, 6.07) is 7.68. The Labute approximate surface area is 729 Å². The van der Waals surface area contributed by atoms with Gasteiger partial charge in [-0.25, -0.2) is 14.4 Å². The standard InChI is InChI=1S/C90H134ClFN16O15/c1-24-66-86(117)102(17)47-75(110)103(18)68(39-50(2)3)83(114)101-76(54(10)11)89(120)104(19)69(40-51(4)5)82(113)97-57(15)81(112)98-58(16)85(116)105(20)70(41-52(6)7)87(118)106(21)71(42-53(8)9)88(119)107(22)77(55(12)13)90(121)108(23)78(84(115)100-66)79(111)56(14)27-25-30-74(109)94-38-37-93-46-63-33-36-72(123-63)60-31-34-67-64(44-60)80(96-49-95-67)99-62-32-35-73(65(91)45-62)122-48-59-28-26-29-61(92)43-59/h26,28-29,31-36,43-45,49-58,66,68-71,76-79,93,111H,24-25,27,30,37-42,46-48H2,1-23H3,(H,94,109)(H,97,113)(H,98,112)(H,100,115)(H,101,114)(H,95,96,99)/t56-,57+,58-,66+,68+,69+,70+,71+,76+,77+,78+,79-/m1/s1. The molecule has 5 aromatic rings. The first-order chi connectivity index (χ1) is 57.8. The number of ether oxygens (including phenoxy) is 1. The number of amides is 12. The van der Waals surface area contributed by atoms with Crippen LogP contribution in [0, 0.1) is 47.2 Å². The Morgan fingerprint density at radius 2 is 1.17 bits per heavy atom. The van der Waals surface area contributed by atoms with Crippen molar-refractivity contribution in [3.05, 3.63) is 101 Å². The van der Waals surface area contributed by atoms with Gasteiger partial charge >= 0.3 is 0 Å². The van der Waals surface area contributed by atoms with Crippen molar-refractivity contribution in [2.75, 3.05) is 74.3 Å². The number of hydrogen-bond acceptors (Lipinski definition) is 19. The molecule has 3 aromatic carbocycles. The number of hydrogen-bond donors (Lipinski definition) is 8. The molecule has 6 rings (SSSR count). The van der Waals surface area contributed by atoms with Crippen molar-refractivity contribution in [1.29, 1.82) is 0 Å². The number of anilines is 2. The summed E-state index contributed by atoms with van der Waals surface area (Å²) in [6.07, 6.45) is 0.563. The Bertz CT molecular complexity index is 4470. The second-order valence-corrected chi connectivity index (χ2v) is 35.5. The number of benzene rings is 3. The topological polar surface area (TPSA) is 380 Å². The Kier molecular flexibility index (Phi) is 38.7. The number of nitrogens with zero attached hydrogens (tertiary/aromatic N) is 9. The average molecular weight is 1730 g/mol. The summed E-state index contributed by atoms with van der Waals surface area (Å²) in [5.74, 6) is -9.23. The molecular formula is C90H134ClFN16O15. The molecular weight excluding hydrogens is 1600 g/mol. The van der Waals surface area contributed by atoms with Gasteiger partial charge < -0.3 is 85.8 Å². The van der Waals surface area contributed by atoms with Crippen LogP contribution < -0.4 is 42.0 Å². The number of carbonyl (C=O) groups excluding carboxylic acids is 12. The van der Waals surface area contributed by atoms with Crippen molar-refractivity contribution in [2.45, 2.75) is 242 Å². The molecule has 1 fully saturated rings. The zero-order valence-electron chi connectivity index (χ0n) is 76.0. The van der Waals surface area contributed by atoms with E-state index in [-0.39, 0.29) is 99.9 Å². The van der Waals surface area contributed by atoms with Crippen LogP contribution in [0.15, 0.2) is 83.5 Å². The van der Waals surface area contributed by atoms with Crippen LogP contribution in [0.5, 0.6) is 5.75 Å². The van der Waals surface area contributed by atoms with Gasteiger partial charge in [0.25, 0.3) is 0 Å². The molecule has 1 aliphatic rings. The molecule has 1 aliphatic heterocycles. The molecule has 0 unspecified atom stereocenters. The van der Waals surface area contributed by atoms with E-state index >= 15 is 19.2 Å². The SMILES string of the molecule is CC[C@@H]1NC(=O)[C@H]([C@H](O)[C@H](C)CCCC(=O)NCCNCc2ccc(-c3ccc4ncnc(Nc5ccc(OCc6cccc(F)c6)c(Cl)c5)c4c3)o2)N(C)C(=O)[C@H](C(C)C)N(C)C(=O)[C@H](CC(C)C)N(C)C(=O)[C@H](CC(C)C)N(C)C(=O)[C@@H](C)NC(=O)[C@H](C)NC(=O)[C@H](CC(C)C)N(C)C(=O)[C@H](C(C)C)NC(=O)[C@H](CC(C)C)N(C)C(=O)CN(C)C1=O. The normalized spacial score (nSPS) is 22.0. The first-order valence-corrected chi connectivity index (χ1v) is 43.1. The molecule has 0 bridgehead atoms. The largest absolute Gasteiger partial charge is 0.487 e. The number of fused-ring (bicyclic) bond motifs is 1. The Morgan fingerprint density at radius 3 is 1.76 bits per heavy atom. The highest BCUT2D eigenvalue weighted by Crippen LogP contribution is 2.34. The third-order valence-electron chi connectivity index (χ3n) is 22.4. The van der Waals surface area contributed by atoms with Crippen LogP contribution in [0.25, 0.3) is 22.2 Å². The fraction of sp³-hybridized carbons (Fsp3) is 0.600. The van der Waals surface area contributed by atoms with Gasteiger partial charge in [0, 0.05) is 85.5 Å². The smallest absolute Gasteiger partial charge is 0.246 e. The van der Waals surface area contributed by atoms with Gasteiger partial charge in [0.2, 0.25) is 70.9 Å². The zero-order chi connectivity index (χ0) is 91.9. The number of aliphatic hydroxyl groups excluding tert-OH is 1. The number of rotatable bonds is 28. The fourth-order valence-corrected chi connectivity index (χ4v) is 15.3. The summed E-state index contributed by atoms with van der Waals surface area (Å²) >= 11 is 6.62. The summed E-state index contributed by atoms with van der Waals surface area (Å²) in [5.41, 5.74) is 2.73. The van der Waals surface area contributed by atoms with Crippen LogP contribution in [0.2, 0.25) is 5.02 Å². The highest BCUT2D eigenvalue weighted by Gasteiger charge is 2.46. The summed E-state index contributed by atoms with van der Waals surface area (Å²) in [7, 11) is 9.76. The Hall–Kier alpha value is -10.3. The van der Waals surface area contributed by atoms with Crippen LogP contribution in [0.3, 0.4) is 0 Å². The highest BCUT2D eigenvalue weighted by molar-refractivity contribution is 6.32. The third kappa shape index (κ3) is 28.3. The van der Waals surface area contributed by atoms with Crippen molar-refractivity contribution in [3.63, 3.8) is 0 Å². The summed E-state index contributed by atoms with van der Waals surface area (Å²) < 4.78 is 25.9. The molecule has 12 amide bonds. The zero-order valence-corrected chi connectivity index (χ0v) is 76.8. The van der Waals surface area contributed by atoms with E-state index in [0.717, 1.165) is 15.4 Å². The monoisotopic (exact) mass is 1730 g/mol. The van der Waals surface area contributed by atoms with E-state index < -0.39 is 156 Å². The van der Waals surface area contributed by atoms with Gasteiger partial charge in [0.15, 0.2) is 0 Å². The number of likely N-dealkylation sites (N-methyl/N-ethyl adjacent to an activating group) is 7. The van der Waals surface area contributed by atoms with Gasteiger partial charge in [-0.1, -0.05) is 121 Å². The van der Waals surface area contributed by atoms with E-state index in [0.29, 0.717) is 63.4 Å². The van der Waals surface area contributed by atoms with Gasteiger partial charge in [-0.15, -0.1) is 0 Å². The number of halogens is 2. The molecule has 8 N–H and O–H groups in total. The van der Waals surface area contributed by atoms with Crippen LogP contribution in [0.4, 0.5) is 15.9 Å². The van der Waals surface area contributed by atoms with Crippen molar-refractivity contribution in [2.24, 2.45) is 41.4 Å². The second kappa shape index (κ2) is 46.9. The average Bonchev–Trinajstić information content (AvgIpc) is 1.01.